The highest BCUT2D eigenvalue weighted by Crippen LogP contribution is 2.11. The van der Waals surface area contributed by atoms with Gasteiger partial charge >= 0.3 is 0 Å². The third-order valence-electron chi connectivity index (χ3n) is 2.43. The molecule has 1 heterocycles. The van der Waals surface area contributed by atoms with Crippen molar-refractivity contribution in [3.8, 4) is 0 Å². The number of aromatic nitrogens is 2. The number of carbonyl (C=O) groups is 1. The minimum Gasteiger partial charge on any atom is -0.386 e. The molecule has 1 aliphatic carbocycles. The normalized spacial score (nSPS) is 15.5. The van der Waals surface area contributed by atoms with Gasteiger partial charge in [-0.3, -0.25) is 9.48 Å². The monoisotopic (exact) mass is 205 g/mol. The summed E-state index contributed by atoms with van der Waals surface area (Å²) in [5.41, 5.74) is 2.23. The van der Waals surface area contributed by atoms with Crippen molar-refractivity contribution < 1.29 is 4.79 Å². The highest BCUT2D eigenvalue weighted by molar-refractivity contribution is 5.92. The molecule has 4 heteroatoms. The molecule has 80 valence electrons. The molecule has 15 heavy (non-hydrogen) atoms. The van der Waals surface area contributed by atoms with E-state index in [-0.39, 0.29) is 5.78 Å². The van der Waals surface area contributed by atoms with Gasteiger partial charge in [-0.25, -0.2) is 0 Å². The minimum atomic E-state index is 0.229. The van der Waals surface area contributed by atoms with Crippen molar-refractivity contribution in [2.24, 2.45) is 0 Å². The molecule has 1 aliphatic rings. The third-order valence-corrected chi connectivity index (χ3v) is 2.43. The summed E-state index contributed by atoms with van der Waals surface area (Å²) >= 11 is 0. The molecule has 0 spiro atoms. The van der Waals surface area contributed by atoms with E-state index < -0.39 is 0 Å². The number of ketones is 1. The van der Waals surface area contributed by atoms with Crippen LogP contribution in [0.5, 0.6) is 0 Å². The standard InChI is InChI=1S/C11H15N3O/c1-9-7-13-14(8-9)5-4-12-10-2-3-11(15)6-10/h6-8,12H,2-5H2,1H3. The maximum Gasteiger partial charge on any atom is 0.157 e. The topological polar surface area (TPSA) is 46.9 Å². The van der Waals surface area contributed by atoms with E-state index in [9.17, 15) is 4.79 Å². The Bertz CT molecular complexity index is 392. The summed E-state index contributed by atoms with van der Waals surface area (Å²) in [7, 11) is 0. The molecule has 0 unspecified atom stereocenters. The average molecular weight is 205 g/mol. The van der Waals surface area contributed by atoms with Crippen molar-refractivity contribution in [1.82, 2.24) is 15.1 Å². The molecule has 0 aliphatic heterocycles. The Morgan fingerprint density at radius 3 is 3.00 bits per heavy atom. The predicted octanol–water partition coefficient (Wildman–Crippen LogP) is 1.03. The van der Waals surface area contributed by atoms with Crippen LogP contribution in [0.25, 0.3) is 0 Å². The molecule has 1 aromatic rings. The second kappa shape index (κ2) is 4.29. The van der Waals surface area contributed by atoms with Crippen molar-refractivity contribution in [1.29, 1.82) is 0 Å². The molecule has 1 N–H and O–H groups in total. The summed E-state index contributed by atoms with van der Waals surface area (Å²) in [5.74, 6) is 0.229. The molecule has 2 rings (SSSR count). The fraction of sp³-hybridized carbons (Fsp3) is 0.455. The maximum absolute atomic E-state index is 11.0. The molecule has 0 radical (unpaired) electrons. The summed E-state index contributed by atoms with van der Waals surface area (Å²) < 4.78 is 1.90. The number of carbonyl (C=O) groups excluding carboxylic acids is 1. The van der Waals surface area contributed by atoms with Crippen LogP contribution >= 0.6 is 0 Å². The molecular formula is C11H15N3O. The number of hydrogen-bond donors (Lipinski definition) is 1. The summed E-state index contributed by atoms with van der Waals surface area (Å²) in [6.45, 7) is 3.68. The fourth-order valence-corrected chi connectivity index (χ4v) is 1.66. The van der Waals surface area contributed by atoms with Crippen LogP contribution in [0.3, 0.4) is 0 Å². The third kappa shape index (κ3) is 2.68. The van der Waals surface area contributed by atoms with Gasteiger partial charge in [0, 0.05) is 30.9 Å². The number of hydrogen-bond acceptors (Lipinski definition) is 3. The van der Waals surface area contributed by atoms with Crippen LogP contribution in [-0.4, -0.2) is 22.1 Å². The van der Waals surface area contributed by atoms with Gasteiger partial charge in [0.15, 0.2) is 5.78 Å². The fourth-order valence-electron chi connectivity index (χ4n) is 1.66. The molecule has 4 nitrogen and oxygen atoms in total. The highest BCUT2D eigenvalue weighted by atomic mass is 16.1. The minimum absolute atomic E-state index is 0.229. The Kier molecular flexibility index (Phi) is 2.85. The molecule has 0 saturated carbocycles. The summed E-state index contributed by atoms with van der Waals surface area (Å²) in [6.07, 6.45) is 7.07. The van der Waals surface area contributed by atoms with Crippen molar-refractivity contribution in [3.63, 3.8) is 0 Å². The SMILES string of the molecule is Cc1cnn(CCNC2=CC(=O)CC2)c1. The van der Waals surface area contributed by atoms with Crippen LogP contribution in [0.2, 0.25) is 0 Å². The summed E-state index contributed by atoms with van der Waals surface area (Å²) in [6, 6.07) is 0. The summed E-state index contributed by atoms with van der Waals surface area (Å²) in [4.78, 5) is 11.0. The largest absolute Gasteiger partial charge is 0.386 e. The molecule has 0 aromatic carbocycles. The van der Waals surface area contributed by atoms with Crippen LogP contribution in [0.4, 0.5) is 0 Å². The first-order valence-corrected chi connectivity index (χ1v) is 5.20. The lowest BCUT2D eigenvalue weighted by atomic mass is 10.3. The van der Waals surface area contributed by atoms with E-state index in [0.29, 0.717) is 6.42 Å². The average Bonchev–Trinajstić information content (AvgIpc) is 2.76. The predicted molar refractivity (Wildman–Crippen MR) is 57.3 cm³/mol. The smallest absolute Gasteiger partial charge is 0.157 e. The molecule has 0 atom stereocenters. The summed E-state index contributed by atoms with van der Waals surface area (Å²) in [5, 5.41) is 7.43. The first-order chi connectivity index (χ1) is 7.24. The maximum atomic E-state index is 11.0. The second-order valence-corrected chi connectivity index (χ2v) is 3.84. The van der Waals surface area contributed by atoms with Crippen molar-refractivity contribution in [2.75, 3.05) is 6.54 Å². The zero-order chi connectivity index (χ0) is 10.7. The van der Waals surface area contributed by atoms with Crippen LogP contribution in [0.1, 0.15) is 18.4 Å². The van der Waals surface area contributed by atoms with Gasteiger partial charge in [-0.1, -0.05) is 0 Å². The molecule has 0 fully saturated rings. The number of nitrogens with one attached hydrogen (secondary N) is 1. The molecular weight excluding hydrogens is 190 g/mol. The first-order valence-electron chi connectivity index (χ1n) is 5.20. The van der Waals surface area contributed by atoms with E-state index in [1.165, 1.54) is 5.56 Å². The van der Waals surface area contributed by atoms with Crippen LogP contribution < -0.4 is 5.32 Å². The van der Waals surface area contributed by atoms with Gasteiger partial charge in [0.05, 0.1) is 12.7 Å². The van der Waals surface area contributed by atoms with Gasteiger partial charge < -0.3 is 5.32 Å². The second-order valence-electron chi connectivity index (χ2n) is 3.84. The van der Waals surface area contributed by atoms with Gasteiger partial charge in [-0.2, -0.15) is 5.10 Å². The van der Waals surface area contributed by atoms with E-state index in [1.54, 1.807) is 6.08 Å². The van der Waals surface area contributed by atoms with E-state index in [4.69, 9.17) is 0 Å². The number of aryl methyl sites for hydroxylation is 1. The quantitative estimate of drug-likeness (QED) is 0.798. The zero-order valence-electron chi connectivity index (χ0n) is 8.86. The van der Waals surface area contributed by atoms with E-state index >= 15 is 0 Å². The Hall–Kier alpha value is -1.58. The van der Waals surface area contributed by atoms with Crippen LogP contribution in [0, 0.1) is 6.92 Å². The highest BCUT2D eigenvalue weighted by Gasteiger charge is 2.10. The Balaban J connectivity index is 1.75. The van der Waals surface area contributed by atoms with E-state index in [0.717, 1.165) is 25.2 Å². The Morgan fingerprint density at radius 1 is 1.53 bits per heavy atom. The van der Waals surface area contributed by atoms with Crippen molar-refractivity contribution >= 4 is 5.78 Å². The molecule has 0 bridgehead atoms. The van der Waals surface area contributed by atoms with Gasteiger partial charge in [-0.05, 0) is 18.9 Å². The van der Waals surface area contributed by atoms with E-state index in [1.807, 2.05) is 24.0 Å². The molecule has 0 amide bonds. The van der Waals surface area contributed by atoms with Gasteiger partial charge in [-0.15, -0.1) is 0 Å². The van der Waals surface area contributed by atoms with Gasteiger partial charge in [0.1, 0.15) is 0 Å². The van der Waals surface area contributed by atoms with Crippen molar-refractivity contribution in [3.05, 3.63) is 29.7 Å². The number of nitrogens with zero attached hydrogens (tertiary/aromatic N) is 2. The van der Waals surface area contributed by atoms with Gasteiger partial charge in [0.25, 0.3) is 0 Å². The van der Waals surface area contributed by atoms with Gasteiger partial charge in [0.2, 0.25) is 0 Å². The lowest BCUT2D eigenvalue weighted by molar-refractivity contribution is -0.114. The Morgan fingerprint density at radius 2 is 2.40 bits per heavy atom. The van der Waals surface area contributed by atoms with E-state index in [2.05, 4.69) is 10.4 Å². The van der Waals surface area contributed by atoms with Crippen LogP contribution in [0.15, 0.2) is 24.2 Å². The molecule has 1 aromatic heterocycles. The van der Waals surface area contributed by atoms with Crippen molar-refractivity contribution in [2.45, 2.75) is 26.3 Å². The number of rotatable bonds is 4. The lowest BCUT2D eigenvalue weighted by Crippen LogP contribution is -2.18. The molecule has 0 saturated heterocycles. The number of allylic oxidation sites excluding steroid dienone is 2. The lowest BCUT2D eigenvalue weighted by Gasteiger charge is -2.06. The first kappa shape index (κ1) is 9.96. The Labute approximate surface area is 89.0 Å². The van der Waals surface area contributed by atoms with Crippen LogP contribution in [-0.2, 0) is 11.3 Å². The zero-order valence-corrected chi connectivity index (χ0v) is 8.86.